The van der Waals surface area contributed by atoms with Crippen LogP contribution in [0, 0.1) is 0 Å². The average Bonchev–Trinajstić information content (AvgIpc) is 2.30. The van der Waals surface area contributed by atoms with Gasteiger partial charge in [0.25, 0.3) is 0 Å². The van der Waals surface area contributed by atoms with Crippen LogP contribution in [0.2, 0.25) is 0 Å². The Morgan fingerprint density at radius 1 is 1.60 bits per heavy atom. The van der Waals surface area contributed by atoms with Crippen LogP contribution < -0.4 is 10.6 Å². The fourth-order valence-corrected chi connectivity index (χ4v) is 1.68. The second-order valence-electron chi connectivity index (χ2n) is 3.55. The van der Waals surface area contributed by atoms with Gasteiger partial charge in [-0.05, 0) is 12.1 Å². The Bertz CT molecular complexity index is 315. The maximum absolute atomic E-state index is 9.20. The number of nitrogens with two attached hydrogens (primary N) is 1. The maximum Gasteiger partial charge on any atom is 0.129 e. The van der Waals surface area contributed by atoms with Gasteiger partial charge in [-0.15, -0.1) is 0 Å². The van der Waals surface area contributed by atoms with E-state index in [-0.39, 0.29) is 12.6 Å². The quantitative estimate of drug-likeness (QED) is 0.709. The summed E-state index contributed by atoms with van der Waals surface area (Å²) in [6.45, 7) is 2.04. The molecular weight excluding hydrogens is 194 g/mol. The Balaban J connectivity index is 2.16. The lowest BCUT2D eigenvalue weighted by atomic mass is 10.2. The number of aromatic nitrogens is 1. The summed E-state index contributed by atoms with van der Waals surface area (Å²) in [5, 5.41) is 9.20. The van der Waals surface area contributed by atoms with Crippen molar-refractivity contribution in [3.05, 3.63) is 18.3 Å². The first-order chi connectivity index (χ1) is 7.31. The Kier molecular flexibility index (Phi) is 3.03. The number of aliphatic hydroxyl groups is 1. The van der Waals surface area contributed by atoms with Gasteiger partial charge in [0.15, 0.2) is 0 Å². The zero-order valence-electron chi connectivity index (χ0n) is 8.47. The third-order valence-corrected chi connectivity index (χ3v) is 2.50. The van der Waals surface area contributed by atoms with Crippen LogP contribution in [0.1, 0.15) is 0 Å². The van der Waals surface area contributed by atoms with Gasteiger partial charge in [-0.25, -0.2) is 4.98 Å². The van der Waals surface area contributed by atoms with Gasteiger partial charge in [0.2, 0.25) is 0 Å². The number of aliphatic hydroxyl groups excluding tert-OH is 1. The van der Waals surface area contributed by atoms with Crippen molar-refractivity contribution in [1.82, 2.24) is 4.98 Å². The summed E-state index contributed by atoms with van der Waals surface area (Å²) in [4.78, 5) is 6.28. The molecule has 1 saturated heterocycles. The van der Waals surface area contributed by atoms with Crippen molar-refractivity contribution < 1.29 is 9.84 Å². The minimum Gasteiger partial charge on any atom is -0.397 e. The molecule has 3 N–H and O–H groups in total. The molecule has 0 aromatic carbocycles. The smallest absolute Gasteiger partial charge is 0.129 e. The van der Waals surface area contributed by atoms with Gasteiger partial charge in [0.05, 0.1) is 37.7 Å². The highest BCUT2D eigenvalue weighted by Crippen LogP contribution is 2.17. The number of hydrogen-bond acceptors (Lipinski definition) is 5. The number of nitrogens with zero attached hydrogens (tertiary/aromatic N) is 2. The normalized spacial score (nSPS) is 21.7. The Hall–Kier alpha value is -1.33. The van der Waals surface area contributed by atoms with E-state index in [1.807, 2.05) is 17.0 Å². The van der Waals surface area contributed by atoms with Gasteiger partial charge in [-0.3, -0.25) is 0 Å². The van der Waals surface area contributed by atoms with E-state index in [1.54, 1.807) is 6.20 Å². The Morgan fingerprint density at radius 2 is 2.47 bits per heavy atom. The number of pyridine rings is 1. The largest absolute Gasteiger partial charge is 0.397 e. The maximum atomic E-state index is 9.20. The number of hydrogen-bond donors (Lipinski definition) is 2. The van der Waals surface area contributed by atoms with Crippen LogP contribution in [0.5, 0.6) is 0 Å². The lowest BCUT2D eigenvalue weighted by Gasteiger charge is -2.35. The van der Waals surface area contributed by atoms with E-state index >= 15 is 0 Å². The zero-order chi connectivity index (χ0) is 10.7. The molecule has 0 unspecified atom stereocenters. The van der Waals surface area contributed by atoms with E-state index in [0.29, 0.717) is 18.9 Å². The summed E-state index contributed by atoms with van der Waals surface area (Å²) in [6.07, 6.45) is 1.62. The van der Waals surface area contributed by atoms with Crippen LogP contribution in [0.25, 0.3) is 0 Å². The molecule has 0 amide bonds. The SMILES string of the molecule is Nc1ccc(N2CCOC[C@H]2CO)nc1. The van der Waals surface area contributed by atoms with E-state index in [9.17, 15) is 5.11 Å². The summed E-state index contributed by atoms with van der Waals surface area (Å²) in [6, 6.07) is 3.67. The molecular formula is C10H15N3O2. The first kappa shape index (κ1) is 10.2. The van der Waals surface area contributed by atoms with Crippen LogP contribution in [-0.2, 0) is 4.74 Å². The van der Waals surface area contributed by atoms with Gasteiger partial charge in [0.1, 0.15) is 5.82 Å². The predicted octanol–water partition coefficient (Wildman–Crippen LogP) is -0.139. The van der Waals surface area contributed by atoms with Crippen LogP contribution >= 0.6 is 0 Å². The van der Waals surface area contributed by atoms with E-state index in [1.165, 1.54) is 0 Å². The van der Waals surface area contributed by atoms with Crippen LogP contribution in [-0.4, -0.2) is 42.5 Å². The molecule has 1 aromatic rings. The van der Waals surface area contributed by atoms with Crippen LogP contribution in [0.3, 0.4) is 0 Å². The zero-order valence-corrected chi connectivity index (χ0v) is 8.47. The minimum atomic E-state index is -0.00475. The number of nitrogen functional groups attached to an aromatic ring is 1. The molecule has 5 heteroatoms. The number of rotatable bonds is 2. The Morgan fingerprint density at radius 3 is 3.13 bits per heavy atom. The lowest BCUT2D eigenvalue weighted by molar-refractivity contribution is 0.0723. The number of morpholine rings is 1. The minimum absolute atomic E-state index is 0.00475. The van der Waals surface area contributed by atoms with Gasteiger partial charge in [-0.2, -0.15) is 0 Å². The highest BCUT2D eigenvalue weighted by Gasteiger charge is 2.23. The van der Waals surface area contributed by atoms with Gasteiger partial charge < -0.3 is 20.5 Å². The molecule has 5 nitrogen and oxygen atoms in total. The first-order valence-electron chi connectivity index (χ1n) is 4.98. The topological polar surface area (TPSA) is 71.6 Å². The monoisotopic (exact) mass is 209 g/mol. The fraction of sp³-hybridized carbons (Fsp3) is 0.500. The molecule has 0 spiro atoms. The summed E-state index contributed by atoms with van der Waals surface area (Å²) in [5.74, 6) is 0.839. The molecule has 82 valence electrons. The van der Waals surface area contributed by atoms with Crippen LogP contribution in [0.4, 0.5) is 11.5 Å². The standard InChI is InChI=1S/C10H15N3O2/c11-8-1-2-10(12-5-8)13-3-4-15-7-9(13)6-14/h1-2,5,9,14H,3-4,6-7,11H2/t9-/m1/s1. The summed E-state index contributed by atoms with van der Waals surface area (Å²) >= 11 is 0. The molecule has 1 aliphatic heterocycles. The highest BCUT2D eigenvalue weighted by atomic mass is 16.5. The Labute approximate surface area is 88.5 Å². The van der Waals surface area contributed by atoms with E-state index in [2.05, 4.69) is 4.98 Å². The van der Waals surface area contributed by atoms with Gasteiger partial charge in [-0.1, -0.05) is 0 Å². The van der Waals surface area contributed by atoms with E-state index in [0.717, 1.165) is 12.4 Å². The number of ether oxygens (including phenoxy) is 1. The number of anilines is 2. The molecule has 0 bridgehead atoms. The lowest BCUT2D eigenvalue weighted by Crippen LogP contribution is -2.48. The van der Waals surface area contributed by atoms with Crippen molar-refractivity contribution in [2.45, 2.75) is 6.04 Å². The molecule has 1 fully saturated rings. The molecule has 15 heavy (non-hydrogen) atoms. The molecule has 0 radical (unpaired) electrons. The molecule has 0 aliphatic carbocycles. The fourth-order valence-electron chi connectivity index (χ4n) is 1.68. The van der Waals surface area contributed by atoms with Gasteiger partial charge >= 0.3 is 0 Å². The molecule has 2 rings (SSSR count). The van der Waals surface area contributed by atoms with Crippen molar-refractivity contribution in [2.24, 2.45) is 0 Å². The second-order valence-corrected chi connectivity index (χ2v) is 3.55. The molecule has 1 aliphatic rings. The summed E-state index contributed by atoms with van der Waals surface area (Å²) in [5.41, 5.74) is 6.21. The van der Waals surface area contributed by atoms with Crippen molar-refractivity contribution in [3.8, 4) is 0 Å². The van der Waals surface area contributed by atoms with Crippen molar-refractivity contribution >= 4 is 11.5 Å². The summed E-state index contributed by atoms with van der Waals surface area (Å²) in [7, 11) is 0. The predicted molar refractivity (Wildman–Crippen MR) is 57.7 cm³/mol. The molecule has 1 atom stereocenters. The van der Waals surface area contributed by atoms with Crippen molar-refractivity contribution in [3.63, 3.8) is 0 Å². The molecule has 1 aromatic heterocycles. The van der Waals surface area contributed by atoms with Crippen molar-refractivity contribution in [1.29, 1.82) is 0 Å². The summed E-state index contributed by atoms with van der Waals surface area (Å²) < 4.78 is 5.29. The third kappa shape index (κ3) is 2.19. The highest BCUT2D eigenvalue weighted by molar-refractivity contribution is 5.46. The second kappa shape index (κ2) is 4.46. The first-order valence-corrected chi connectivity index (χ1v) is 4.98. The van der Waals surface area contributed by atoms with E-state index in [4.69, 9.17) is 10.5 Å². The molecule has 0 saturated carbocycles. The van der Waals surface area contributed by atoms with E-state index < -0.39 is 0 Å². The average molecular weight is 209 g/mol. The van der Waals surface area contributed by atoms with Crippen molar-refractivity contribution in [2.75, 3.05) is 37.0 Å². The third-order valence-electron chi connectivity index (χ3n) is 2.50. The molecule has 2 heterocycles. The van der Waals surface area contributed by atoms with Gasteiger partial charge in [0, 0.05) is 6.54 Å². The van der Waals surface area contributed by atoms with Crippen LogP contribution in [0.15, 0.2) is 18.3 Å².